The lowest BCUT2D eigenvalue weighted by atomic mass is 9.96. The minimum atomic E-state index is -2.46. The quantitative estimate of drug-likeness (QED) is 0.589. The summed E-state index contributed by atoms with van der Waals surface area (Å²) >= 11 is 7.27. The minimum Gasteiger partial charge on any atom is -0.428 e. The Hall–Kier alpha value is -0.960. The molecule has 0 N–H and O–H groups in total. The van der Waals surface area contributed by atoms with Crippen LogP contribution in [0, 0.1) is 27.7 Å². The van der Waals surface area contributed by atoms with Crippen LogP contribution in [0.5, 0.6) is 11.5 Å². The summed E-state index contributed by atoms with van der Waals surface area (Å²) in [5.74, 6) is 1.80. The van der Waals surface area contributed by atoms with Crippen molar-refractivity contribution in [1.29, 1.82) is 0 Å². The molecule has 2 aromatic rings. The highest BCUT2D eigenvalue weighted by molar-refractivity contribution is 8.67. The average Bonchev–Trinajstić information content (AvgIpc) is 2.45. The zero-order chi connectivity index (χ0) is 16.8. The van der Waals surface area contributed by atoms with Crippen molar-refractivity contribution in [3.05, 3.63) is 57.6 Å². The Morgan fingerprint density at radius 2 is 1.30 bits per heavy atom. The van der Waals surface area contributed by atoms with Crippen LogP contribution in [-0.2, 0) is 18.2 Å². The van der Waals surface area contributed by atoms with Gasteiger partial charge in [0.15, 0.2) is 0 Å². The van der Waals surface area contributed by atoms with Crippen LogP contribution in [-0.4, -0.2) is 6.26 Å². The van der Waals surface area contributed by atoms with Gasteiger partial charge >= 0.3 is 5.69 Å². The van der Waals surface area contributed by atoms with Crippen molar-refractivity contribution in [2.75, 3.05) is 6.26 Å². The van der Waals surface area contributed by atoms with Crippen LogP contribution in [0.2, 0.25) is 0 Å². The molecule has 2 aromatic carbocycles. The fourth-order valence-electron chi connectivity index (χ4n) is 3.13. The summed E-state index contributed by atoms with van der Waals surface area (Å²) in [6, 6.07) is 8.69. The van der Waals surface area contributed by atoms with Gasteiger partial charge in [-0.15, -0.1) is 0 Å². The second-order valence-electron chi connectivity index (χ2n) is 6.13. The molecular formula is C18H21O2PS2. The molecule has 1 heterocycles. The molecule has 0 atom stereocenters. The van der Waals surface area contributed by atoms with E-state index in [1.165, 1.54) is 33.6 Å². The van der Waals surface area contributed by atoms with Crippen LogP contribution >= 0.6 is 17.1 Å². The second kappa shape index (κ2) is 6.16. The summed E-state index contributed by atoms with van der Waals surface area (Å²) in [6.07, 6.45) is 2.77. The van der Waals surface area contributed by atoms with E-state index in [1.807, 2.05) is 6.26 Å². The van der Waals surface area contributed by atoms with E-state index in [2.05, 4.69) is 52.0 Å². The van der Waals surface area contributed by atoms with Crippen LogP contribution in [0.4, 0.5) is 0 Å². The topological polar surface area (TPSA) is 18.5 Å². The van der Waals surface area contributed by atoms with E-state index in [4.69, 9.17) is 20.9 Å². The average molecular weight is 364 g/mol. The van der Waals surface area contributed by atoms with Crippen molar-refractivity contribution >= 4 is 28.9 Å². The van der Waals surface area contributed by atoms with Gasteiger partial charge in [0.05, 0.1) is 0 Å². The smallest absolute Gasteiger partial charge is 0.348 e. The van der Waals surface area contributed by atoms with E-state index >= 15 is 0 Å². The highest BCUT2D eigenvalue weighted by Gasteiger charge is 2.29. The van der Waals surface area contributed by atoms with Gasteiger partial charge in [-0.05, 0) is 79.4 Å². The van der Waals surface area contributed by atoms with Gasteiger partial charge < -0.3 is 9.05 Å². The Bertz CT molecular complexity index is 767. The highest BCUT2D eigenvalue weighted by Crippen LogP contribution is 2.61. The summed E-state index contributed by atoms with van der Waals surface area (Å²) < 4.78 is 12.5. The zero-order valence-electron chi connectivity index (χ0n) is 14.1. The minimum absolute atomic E-state index is 0.805. The fraction of sp³-hybridized carbons (Fsp3) is 0.333. The summed E-state index contributed by atoms with van der Waals surface area (Å²) in [5, 5.41) is 0. The molecule has 1 aliphatic rings. The van der Waals surface area contributed by atoms with Crippen LogP contribution in [0.15, 0.2) is 24.3 Å². The van der Waals surface area contributed by atoms with E-state index in [9.17, 15) is 0 Å². The van der Waals surface area contributed by atoms with Gasteiger partial charge in [0.25, 0.3) is 0 Å². The largest absolute Gasteiger partial charge is 0.428 e. The molecule has 2 nitrogen and oxygen atoms in total. The molecule has 3 rings (SSSR count). The summed E-state index contributed by atoms with van der Waals surface area (Å²) in [5.41, 5.74) is 4.66. The SMILES string of the molecule is CSP1(=S)Oc2c(C)cc(C)cc2Cc2cc(C)cc(C)c2O1. The van der Waals surface area contributed by atoms with Crippen molar-refractivity contribution in [3.63, 3.8) is 0 Å². The first-order chi connectivity index (χ1) is 10.8. The maximum Gasteiger partial charge on any atom is 0.348 e. The van der Waals surface area contributed by atoms with E-state index in [0.717, 1.165) is 29.0 Å². The normalized spacial score (nSPS) is 15.5. The van der Waals surface area contributed by atoms with Gasteiger partial charge in [-0.1, -0.05) is 35.4 Å². The number of hydrogen-bond donors (Lipinski definition) is 0. The van der Waals surface area contributed by atoms with Crippen molar-refractivity contribution in [2.24, 2.45) is 0 Å². The fourth-order valence-corrected chi connectivity index (χ4v) is 5.63. The molecule has 5 heteroatoms. The molecule has 122 valence electrons. The Labute approximate surface area is 147 Å². The first-order valence-corrected chi connectivity index (χ1v) is 12.0. The van der Waals surface area contributed by atoms with Gasteiger partial charge in [0, 0.05) is 6.42 Å². The first-order valence-electron chi connectivity index (χ1n) is 7.56. The predicted octanol–water partition coefficient (Wildman–Crippen LogP) is 5.87. The lowest BCUT2D eigenvalue weighted by Crippen LogP contribution is -2.08. The number of benzene rings is 2. The van der Waals surface area contributed by atoms with Crippen LogP contribution in [0.25, 0.3) is 0 Å². The molecule has 0 unspecified atom stereocenters. The van der Waals surface area contributed by atoms with Gasteiger partial charge in [-0.25, -0.2) is 0 Å². The van der Waals surface area contributed by atoms with Crippen molar-refractivity contribution < 1.29 is 9.05 Å². The van der Waals surface area contributed by atoms with Gasteiger partial charge in [0.1, 0.15) is 11.5 Å². The molecule has 0 amide bonds. The van der Waals surface area contributed by atoms with Gasteiger partial charge in [-0.2, -0.15) is 0 Å². The maximum absolute atomic E-state index is 6.27. The molecule has 23 heavy (non-hydrogen) atoms. The van der Waals surface area contributed by atoms with Crippen molar-refractivity contribution in [3.8, 4) is 11.5 Å². The molecule has 1 aliphatic heterocycles. The molecule has 0 bridgehead atoms. The highest BCUT2D eigenvalue weighted by atomic mass is 32.9. The molecule has 0 saturated carbocycles. The standard InChI is InChI=1S/C18H21O2PS2/c1-11-6-13(3)17-15(8-11)10-16-9-12(2)7-14(4)18(16)20-21(22,19-17)23-5/h6-9H,10H2,1-5H3. The molecular weight excluding hydrogens is 343 g/mol. The Balaban J connectivity index is 2.27. The number of aryl methyl sites for hydroxylation is 4. The lowest BCUT2D eigenvalue weighted by Gasteiger charge is -2.29. The van der Waals surface area contributed by atoms with E-state index in [-0.39, 0.29) is 0 Å². The molecule has 0 saturated heterocycles. The summed E-state index contributed by atoms with van der Waals surface area (Å²) in [6.45, 7) is 8.40. The lowest BCUT2D eigenvalue weighted by molar-refractivity contribution is 0.488. The van der Waals surface area contributed by atoms with Crippen molar-refractivity contribution in [1.82, 2.24) is 0 Å². The van der Waals surface area contributed by atoms with E-state index < -0.39 is 5.69 Å². The van der Waals surface area contributed by atoms with Gasteiger partial charge in [-0.3, -0.25) is 0 Å². The molecule has 0 aromatic heterocycles. The second-order valence-corrected chi connectivity index (χ2v) is 12.4. The number of hydrogen-bond acceptors (Lipinski definition) is 4. The third-order valence-corrected chi connectivity index (χ3v) is 8.84. The molecule has 0 radical (unpaired) electrons. The summed E-state index contributed by atoms with van der Waals surface area (Å²) in [4.78, 5) is 0. The molecule has 0 aliphatic carbocycles. The third-order valence-electron chi connectivity index (χ3n) is 4.00. The Kier molecular flexibility index (Phi) is 4.52. The Morgan fingerprint density at radius 1 is 0.870 bits per heavy atom. The maximum atomic E-state index is 6.27. The summed E-state index contributed by atoms with van der Waals surface area (Å²) in [7, 11) is 0. The monoisotopic (exact) mass is 364 g/mol. The molecule has 0 fully saturated rings. The van der Waals surface area contributed by atoms with Crippen LogP contribution in [0.3, 0.4) is 0 Å². The number of fused-ring (bicyclic) bond motifs is 2. The van der Waals surface area contributed by atoms with Crippen LogP contribution < -0.4 is 9.05 Å². The van der Waals surface area contributed by atoms with Crippen molar-refractivity contribution in [2.45, 2.75) is 34.1 Å². The zero-order valence-corrected chi connectivity index (χ0v) is 16.6. The first kappa shape index (κ1) is 16.9. The number of rotatable bonds is 1. The predicted molar refractivity (Wildman–Crippen MR) is 104 cm³/mol. The Morgan fingerprint density at radius 3 is 1.70 bits per heavy atom. The molecule has 0 spiro atoms. The third kappa shape index (κ3) is 3.31. The van der Waals surface area contributed by atoms with Crippen LogP contribution in [0.1, 0.15) is 33.4 Å². The van der Waals surface area contributed by atoms with E-state index in [1.54, 1.807) is 0 Å². The van der Waals surface area contributed by atoms with Gasteiger partial charge in [0.2, 0.25) is 0 Å². The van der Waals surface area contributed by atoms with E-state index in [0.29, 0.717) is 0 Å².